The maximum absolute atomic E-state index is 12.6. The Labute approximate surface area is 126 Å². The molecule has 1 aliphatic carbocycles. The van der Waals surface area contributed by atoms with Crippen molar-refractivity contribution in [1.29, 1.82) is 0 Å². The predicted octanol–water partition coefficient (Wildman–Crippen LogP) is 1.46. The lowest BCUT2D eigenvalue weighted by Crippen LogP contribution is -2.47. The van der Waals surface area contributed by atoms with Gasteiger partial charge in [-0.05, 0) is 39.0 Å². The second-order valence-corrected chi connectivity index (χ2v) is 8.26. The van der Waals surface area contributed by atoms with Crippen molar-refractivity contribution in [3.05, 3.63) is 0 Å². The summed E-state index contributed by atoms with van der Waals surface area (Å²) in [5.41, 5.74) is 0. The van der Waals surface area contributed by atoms with E-state index in [0.717, 1.165) is 25.7 Å². The van der Waals surface area contributed by atoms with E-state index in [2.05, 4.69) is 0 Å². The fourth-order valence-electron chi connectivity index (χ4n) is 3.52. The summed E-state index contributed by atoms with van der Waals surface area (Å²) in [4.78, 5) is 11.4. The van der Waals surface area contributed by atoms with Gasteiger partial charge >= 0.3 is 5.97 Å². The Bertz CT molecular complexity index is 476. The zero-order chi connectivity index (χ0) is 15.6. The number of carboxylic acid groups (broad SMARTS) is 1. The van der Waals surface area contributed by atoms with Crippen molar-refractivity contribution in [1.82, 2.24) is 4.31 Å². The van der Waals surface area contributed by atoms with Crippen molar-refractivity contribution in [2.24, 2.45) is 5.92 Å². The number of aliphatic carboxylic acids is 1. The van der Waals surface area contributed by atoms with Gasteiger partial charge in [0.25, 0.3) is 0 Å². The van der Waals surface area contributed by atoms with E-state index >= 15 is 0 Å². The van der Waals surface area contributed by atoms with E-state index in [4.69, 9.17) is 4.74 Å². The third-order valence-corrected chi connectivity index (χ3v) is 6.28. The Morgan fingerprint density at radius 3 is 2.62 bits per heavy atom. The first kappa shape index (κ1) is 16.7. The van der Waals surface area contributed by atoms with Gasteiger partial charge in [-0.15, -0.1) is 0 Å². The summed E-state index contributed by atoms with van der Waals surface area (Å²) in [5, 5.41) is 9.37. The van der Waals surface area contributed by atoms with Crippen molar-refractivity contribution >= 4 is 16.0 Å². The van der Waals surface area contributed by atoms with Crippen LogP contribution in [0.1, 0.15) is 46.0 Å². The molecule has 0 aromatic rings. The van der Waals surface area contributed by atoms with E-state index in [-0.39, 0.29) is 30.4 Å². The molecule has 0 aromatic heterocycles. The summed E-state index contributed by atoms with van der Waals surface area (Å²) in [6.07, 6.45) is 4.17. The molecule has 0 radical (unpaired) electrons. The van der Waals surface area contributed by atoms with E-state index in [9.17, 15) is 18.3 Å². The lowest BCUT2D eigenvalue weighted by molar-refractivity contribution is -0.141. The summed E-state index contributed by atoms with van der Waals surface area (Å²) in [6, 6.07) is -1.04. The molecule has 1 N–H and O–H groups in total. The van der Waals surface area contributed by atoms with E-state index in [1.54, 1.807) is 0 Å². The number of sulfonamides is 1. The zero-order valence-corrected chi connectivity index (χ0v) is 13.5. The zero-order valence-electron chi connectivity index (χ0n) is 12.7. The van der Waals surface area contributed by atoms with Gasteiger partial charge in [0.15, 0.2) is 0 Å². The van der Waals surface area contributed by atoms with E-state index in [0.29, 0.717) is 6.42 Å². The van der Waals surface area contributed by atoms with Crippen LogP contribution in [0.2, 0.25) is 0 Å². The molecule has 2 rings (SSSR count). The smallest absolute Gasteiger partial charge is 0.322 e. The van der Waals surface area contributed by atoms with Gasteiger partial charge in [-0.25, -0.2) is 8.42 Å². The van der Waals surface area contributed by atoms with Crippen LogP contribution in [0.15, 0.2) is 0 Å². The van der Waals surface area contributed by atoms with Crippen molar-refractivity contribution in [3.63, 3.8) is 0 Å². The number of rotatable bonds is 6. The quantitative estimate of drug-likeness (QED) is 0.801. The highest BCUT2D eigenvalue weighted by Gasteiger charge is 2.50. The standard InChI is InChI=1S/C14H25NO5S/c1-10(2)20-7-8-21(18,19)15-12-6-4-3-5-11(12)9-13(15)14(16)17/h10-13H,3-9H2,1-2H3,(H,16,17). The lowest BCUT2D eigenvalue weighted by atomic mass is 9.85. The lowest BCUT2D eigenvalue weighted by Gasteiger charge is -2.32. The highest BCUT2D eigenvalue weighted by atomic mass is 32.2. The average Bonchev–Trinajstić information content (AvgIpc) is 2.78. The molecule has 0 spiro atoms. The van der Waals surface area contributed by atoms with Crippen LogP contribution in [0.4, 0.5) is 0 Å². The van der Waals surface area contributed by atoms with Crippen LogP contribution >= 0.6 is 0 Å². The van der Waals surface area contributed by atoms with Gasteiger partial charge in [-0.3, -0.25) is 4.79 Å². The number of hydrogen-bond acceptors (Lipinski definition) is 4. The fourth-order valence-corrected chi connectivity index (χ4v) is 5.30. The van der Waals surface area contributed by atoms with Crippen molar-refractivity contribution in [2.45, 2.75) is 64.1 Å². The molecule has 2 aliphatic rings. The molecular formula is C14H25NO5S. The monoisotopic (exact) mass is 319 g/mol. The number of carbonyl (C=O) groups is 1. The highest BCUT2D eigenvalue weighted by molar-refractivity contribution is 7.89. The van der Waals surface area contributed by atoms with Gasteiger partial charge in [-0.1, -0.05) is 12.8 Å². The number of nitrogens with zero attached hydrogens (tertiary/aromatic N) is 1. The maximum Gasteiger partial charge on any atom is 0.322 e. The SMILES string of the molecule is CC(C)OCCS(=O)(=O)N1C(C(=O)O)CC2CCCCC21. The Morgan fingerprint density at radius 2 is 2.00 bits per heavy atom. The minimum Gasteiger partial charge on any atom is -0.480 e. The molecule has 7 heteroatoms. The maximum atomic E-state index is 12.6. The van der Waals surface area contributed by atoms with Crippen LogP contribution in [0.3, 0.4) is 0 Å². The molecule has 3 atom stereocenters. The average molecular weight is 319 g/mol. The molecule has 1 saturated heterocycles. The number of fused-ring (bicyclic) bond motifs is 1. The van der Waals surface area contributed by atoms with E-state index < -0.39 is 22.0 Å². The first-order chi connectivity index (χ1) is 9.83. The van der Waals surface area contributed by atoms with Gasteiger partial charge in [0, 0.05) is 6.04 Å². The van der Waals surface area contributed by atoms with Crippen molar-refractivity contribution in [2.75, 3.05) is 12.4 Å². The number of carboxylic acids is 1. The third-order valence-electron chi connectivity index (χ3n) is 4.43. The molecule has 1 saturated carbocycles. The van der Waals surface area contributed by atoms with Gasteiger partial charge < -0.3 is 9.84 Å². The predicted molar refractivity (Wildman–Crippen MR) is 78.5 cm³/mol. The minimum atomic E-state index is -3.59. The fraction of sp³-hybridized carbons (Fsp3) is 0.929. The molecule has 3 unspecified atom stereocenters. The molecule has 21 heavy (non-hydrogen) atoms. The molecule has 1 heterocycles. The van der Waals surface area contributed by atoms with Crippen molar-refractivity contribution < 1.29 is 23.1 Å². The van der Waals surface area contributed by atoms with E-state index in [1.807, 2.05) is 13.8 Å². The van der Waals surface area contributed by atoms with Gasteiger partial charge in [0.2, 0.25) is 10.0 Å². The molecule has 1 aliphatic heterocycles. The van der Waals surface area contributed by atoms with Crippen LogP contribution < -0.4 is 0 Å². The van der Waals surface area contributed by atoms with E-state index in [1.165, 1.54) is 4.31 Å². The summed E-state index contributed by atoms with van der Waals surface area (Å²) in [5.74, 6) is -0.976. The molecule has 2 fully saturated rings. The van der Waals surface area contributed by atoms with Crippen LogP contribution in [-0.2, 0) is 19.6 Å². The molecule has 0 amide bonds. The second-order valence-electron chi connectivity index (χ2n) is 6.27. The Kier molecular flexibility index (Phi) is 5.27. The van der Waals surface area contributed by atoms with Gasteiger partial charge in [0.1, 0.15) is 6.04 Å². The summed E-state index contributed by atoms with van der Waals surface area (Å²) in [7, 11) is -3.59. The van der Waals surface area contributed by atoms with Crippen LogP contribution in [0, 0.1) is 5.92 Å². The summed E-state index contributed by atoms with van der Waals surface area (Å²) < 4.78 is 31.7. The number of hydrogen-bond donors (Lipinski definition) is 1. The van der Waals surface area contributed by atoms with Gasteiger partial charge in [0.05, 0.1) is 18.5 Å². The normalized spacial score (nSPS) is 30.5. The Hall–Kier alpha value is -0.660. The van der Waals surface area contributed by atoms with Crippen LogP contribution in [0.5, 0.6) is 0 Å². The second kappa shape index (κ2) is 6.62. The first-order valence-corrected chi connectivity index (χ1v) is 9.29. The Morgan fingerprint density at radius 1 is 1.33 bits per heavy atom. The Balaban J connectivity index is 2.14. The number of ether oxygens (including phenoxy) is 1. The molecule has 0 aromatic carbocycles. The largest absolute Gasteiger partial charge is 0.480 e. The third kappa shape index (κ3) is 3.76. The molecule has 122 valence electrons. The topological polar surface area (TPSA) is 83.9 Å². The van der Waals surface area contributed by atoms with Gasteiger partial charge in [-0.2, -0.15) is 4.31 Å². The van der Waals surface area contributed by atoms with Crippen LogP contribution in [0.25, 0.3) is 0 Å². The molecular weight excluding hydrogens is 294 g/mol. The summed E-state index contributed by atoms with van der Waals surface area (Å²) >= 11 is 0. The first-order valence-electron chi connectivity index (χ1n) is 7.68. The minimum absolute atomic E-state index is 0.0310. The molecule has 6 nitrogen and oxygen atoms in total. The van der Waals surface area contributed by atoms with Crippen LogP contribution in [-0.4, -0.2) is 54.3 Å². The highest BCUT2D eigenvalue weighted by Crippen LogP contribution is 2.41. The van der Waals surface area contributed by atoms with Crippen molar-refractivity contribution in [3.8, 4) is 0 Å². The molecule has 0 bridgehead atoms. The summed E-state index contributed by atoms with van der Waals surface area (Å²) in [6.45, 7) is 3.81.